The molecule has 3 heteroatoms. The Balaban J connectivity index is 1.97. The van der Waals surface area contributed by atoms with Crippen molar-refractivity contribution in [3.05, 3.63) is 65.5 Å². The van der Waals surface area contributed by atoms with E-state index in [2.05, 4.69) is 6.92 Å². The lowest BCUT2D eigenvalue weighted by Crippen LogP contribution is -2.01. The molecule has 0 aromatic heterocycles. The Morgan fingerprint density at radius 1 is 1.11 bits per heavy atom. The Bertz CT molecular complexity index is 525. The van der Waals surface area contributed by atoms with Gasteiger partial charge in [-0.15, -0.1) is 11.8 Å². The van der Waals surface area contributed by atoms with Crippen LogP contribution in [0.2, 0.25) is 0 Å². The van der Waals surface area contributed by atoms with Crippen LogP contribution in [-0.4, -0.2) is 10.9 Å². The maximum atomic E-state index is 13.4. The van der Waals surface area contributed by atoms with Crippen LogP contribution < -0.4 is 0 Å². The second kappa shape index (κ2) is 6.73. The fourth-order valence-electron chi connectivity index (χ4n) is 1.80. The third-order valence-electron chi connectivity index (χ3n) is 3.01. The number of aliphatic hydroxyl groups is 1. The van der Waals surface area contributed by atoms with Gasteiger partial charge in [-0.1, -0.05) is 43.3 Å². The van der Waals surface area contributed by atoms with Gasteiger partial charge < -0.3 is 5.11 Å². The molecule has 0 fully saturated rings. The normalized spacial score (nSPS) is 12.4. The molecular formula is C16H17FOS. The molecule has 0 spiro atoms. The van der Waals surface area contributed by atoms with E-state index in [1.807, 2.05) is 24.3 Å². The Hall–Kier alpha value is -1.32. The van der Waals surface area contributed by atoms with E-state index in [-0.39, 0.29) is 5.82 Å². The standard InChI is InChI=1S/C16H17FOS/c1-2-12-7-9-13(10-8-12)15(18)11-19-16-6-4-3-5-14(16)17/h3-10,15,18H,2,11H2,1H3. The van der Waals surface area contributed by atoms with Crippen molar-refractivity contribution in [1.29, 1.82) is 0 Å². The van der Waals surface area contributed by atoms with Gasteiger partial charge in [0.1, 0.15) is 5.82 Å². The van der Waals surface area contributed by atoms with Crippen molar-refractivity contribution >= 4 is 11.8 Å². The molecule has 0 saturated heterocycles. The third kappa shape index (κ3) is 3.82. The monoisotopic (exact) mass is 276 g/mol. The zero-order valence-corrected chi connectivity index (χ0v) is 11.7. The largest absolute Gasteiger partial charge is 0.388 e. The summed E-state index contributed by atoms with van der Waals surface area (Å²) >= 11 is 1.33. The molecule has 19 heavy (non-hydrogen) atoms. The molecule has 2 rings (SSSR count). The van der Waals surface area contributed by atoms with Crippen LogP contribution in [0.1, 0.15) is 24.2 Å². The van der Waals surface area contributed by atoms with Gasteiger partial charge in [-0.3, -0.25) is 0 Å². The number of rotatable bonds is 5. The molecule has 0 aliphatic rings. The molecule has 100 valence electrons. The number of hydrogen-bond donors (Lipinski definition) is 1. The summed E-state index contributed by atoms with van der Waals surface area (Å²) in [5.74, 6) is 0.216. The molecule has 2 aromatic rings. The van der Waals surface area contributed by atoms with E-state index in [1.165, 1.54) is 23.4 Å². The number of benzene rings is 2. The minimum absolute atomic E-state index is 0.235. The van der Waals surface area contributed by atoms with Gasteiger partial charge in [0.05, 0.1) is 6.10 Å². The molecule has 1 N–H and O–H groups in total. The van der Waals surface area contributed by atoms with Gasteiger partial charge in [-0.05, 0) is 29.7 Å². The molecular weight excluding hydrogens is 259 g/mol. The lowest BCUT2D eigenvalue weighted by atomic mass is 10.1. The molecule has 0 saturated carbocycles. The van der Waals surface area contributed by atoms with Crippen LogP contribution in [0.3, 0.4) is 0 Å². The topological polar surface area (TPSA) is 20.2 Å². The molecule has 0 aliphatic carbocycles. The van der Waals surface area contributed by atoms with Crippen LogP contribution in [0.15, 0.2) is 53.4 Å². The summed E-state index contributed by atoms with van der Waals surface area (Å²) < 4.78 is 13.4. The third-order valence-corrected chi connectivity index (χ3v) is 4.13. The Morgan fingerprint density at radius 2 is 1.79 bits per heavy atom. The van der Waals surface area contributed by atoms with E-state index in [0.29, 0.717) is 10.6 Å². The highest BCUT2D eigenvalue weighted by Gasteiger charge is 2.09. The number of thioether (sulfide) groups is 1. The van der Waals surface area contributed by atoms with E-state index >= 15 is 0 Å². The summed E-state index contributed by atoms with van der Waals surface area (Å²) in [5, 5.41) is 10.1. The molecule has 0 bridgehead atoms. The molecule has 0 heterocycles. The van der Waals surface area contributed by atoms with E-state index in [4.69, 9.17) is 0 Å². The van der Waals surface area contributed by atoms with Crippen molar-refractivity contribution < 1.29 is 9.50 Å². The van der Waals surface area contributed by atoms with Gasteiger partial charge in [-0.2, -0.15) is 0 Å². The Morgan fingerprint density at radius 3 is 2.42 bits per heavy atom. The summed E-state index contributed by atoms with van der Waals surface area (Å²) in [6, 6.07) is 14.5. The molecule has 0 radical (unpaired) electrons. The second-order valence-corrected chi connectivity index (χ2v) is 5.41. The minimum atomic E-state index is -0.574. The maximum absolute atomic E-state index is 13.4. The van der Waals surface area contributed by atoms with Crippen molar-refractivity contribution in [2.75, 3.05) is 5.75 Å². The van der Waals surface area contributed by atoms with Gasteiger partial charge >= 0.3 is 0 Å². The smallest absolute Gasteiger partial charge is 0.136 e. The first-order valence-corrected chi connectivity index (χ1v) is 7.33. The molecule has 0 aliphatic heterocycles. The number of hydrogen-bond acceptors (Lipinski definition) is 2. The second-order valence-electron chi connectivity index (χ2n) is 4.35. The van der Waals surface area contributed by atoms with Crippen molar-refractivity contribution in [1.82, 2.24) is 0 Å². The highest BCUT2D eigenvalue weighted by Crippen LogP contribution is 2.26. The predicted molar refractivity (Wildman–Crippen MR) is 77.9 cm³/mol. The van der Waals surface area contributed by atoms with Gasteiger partial charge in [0.2, 0.25) is 0 Å². The van der Waals surface area contributed by atoms with E-state index in [0.717, 1.165) is 12.0 Å². The molecule has 0 amide bonds. The van der Waals surface area contributed by atoms with Gasteiger partial charge in [0.25, 0.3) is 0 Å². The highest BCUT2D eigenvalue weighted by atomic mass is 32.2. The van der Waals surface area contributed by atoms with Gasteiger partial charge in [-0.25, -0.2) is 4.39 Å². The quantitative estimate of drug-likeness (QED) is 0.825. The molecule has 1 nitrogen and oxygen atoms in total. The van der Waals surface area contributed by atoms with Crippen LogP contribution in [0, 0.1) is 5.82 Å². The van der Waals surface area contributed by atoms with Crippen LogP contribution in [0.5, 0.6) is 0 Å². The van der Waals surface area contributed by atoms with E-state index < -0.39 is 6.10 Å². The fourth-order valence-corrected chi connectivity index (χ4v) is 2.71. The number of halogens is 1. The lowest BCUT2D eigenvalue weighted by molar-refractivity contribution is 0.204. The zero-order chi connectivity index (χ0) is 13.7. The Kier molecular flexibility index (Phi) is 5.00. The fraction of sp³-hybridized carbons (Fsp3) is 0.250. The van der Waals surface area contributed by atoms with Crippen LogP contribution in [0.25, 0.3) is 0 Å². The van der Waals surface area contributed by atoms with Crippen molar-refractivity contribution in [3.63, 3.8) is 0 Å². The lowest BCUT2D eigenvalue weighted by Gasteiger charge is -2.11. The number of aliphatic hydroxyl groups excluding tert-OH is 1. The van der Waals surface area contributed by atoms with E-state index in [9.17, 15) is 9.50 Å². The average molecular weight is 276 g/mol. The summed E-state index contributed by atoms with van der Waals surface area (Å²) in [5.41, 5.74) is 2.12. The van der Waals surface area contributed by atoms with Crippen LogP contribution in [-0.2, 0) is 6.42 Å². The van der Waals surface area contributed by atoms with Crippen LogP contribution >= 0.6 is 11.8 Å². The summed E-state index contributed by atoms with van der Waals surface area (Å²) in [6.45, 7) is 2.10. The van der Waals surface area contributed by atoms with E-state index in [1.54, 1.807) is 18.2 Å². The van der Waals surface area contributed by atoms with Crippen molar-refractivity contribution in [2.24, 2.45) is 0 Å². The number of aryl methyl sites for hydroxylation is 1. The predicted octanol–water partition coefficient (Wildman–Crippen LogP) is 4.21. The van der Waals surface area contributed by atoms with Crippen molar-refractivity contribution in [3.8, 4) is 0 Å². The van der Waals surface area contributed by atoms with Gasteiger partial charge in [0.15, 0.2) is 0 Å². The molecule has 2 aromatic carbocycles. The minimum Gasteiger partial charge on any atom is -0.388 e. The van der Waals surface area contributed by atoms with Gasteiger partial charge in [0, 0.05) is 10.6 Å². The van der Waals surface area contributed by atoms with Crippen molar-refractivity contribution in [2.45, 2.75) is 24.3 Å². The zero-order valence-electron chi connectivity index (χ0n) is 10.8. The SMILES string of the molecule is CCc1ccc(C(O)CSc2ccccc2F)cc1. The molecule has 1 unspecified atom stereocenters. The summed E-state index contributed by atoms with van der Waals surface area (Å²) in [6.07, 6.45) is 0.413. The first kappa shape index (κ1) is 14.1. The maximum Gasteiger partial charge on any atom is 0.136 e. The highest BCUT2D eigenvalue weighted by molar-refractivity contribution is 7.99. The van der Waals surface area contributed by atoms with Crippen LogP contribution in [0.4, 0.5) is 4.39 Å². The average Bonchev–Trinajstić information content (AvgIpc) is 2.46. The summed E-state index contributed by atoms with van der Waals surface area (Å²) in [7, 11) is 0. The first-order chi connectivity index (χ1) is 9.20. The summed E-state index contributed by atoms with van der Waals surface area (Å²) in [4.78, 5) is 0.576. The first-order valence-electron chi connectivity index (χ1n) is 6.35. The molecule has 1 atom stereocenters. The Labute approximate surface area is 117 Å².